The molecule has 6 nitrogen and oxygen atoms in total. The van der Waals surface area contributed by atoms with Gasteiger partial charge in [0.05, 0.1) is 0 Å². The average Bonchev–Trinajstić information content (AvgIpc) is 2.61. The molecule has 25 heavy (non-hydrogen) atoms. The van der Waals surface area contributed by atoms with Gasteiger partial charge in [0.1, 0.15) is 5.75 Å². The number of hydrogen-bond acceptors (Lipinski definition) is 4. The number of rotatable bonds is 7. The molecule has 6 heteroatoms. The van der Waals surface area contributed by atoms with E-state index in [0.717, 1.165) is 0 Å². The molecule has 0 aliphatic carbocycles. The van der Waals surface area contributed by atoms with Crippen LogP contribution in [0, 0.1) is 0 Å². The summed E-state index contributed by atoms with van der Waals surface area (Å²) in [6.45, 7) is 2.18. The van der Waals surface area contributed by atoms with Crippen LogP contribution in [0.1, 0.15) is 34.1 Å². The number of carbonyl (C=O) groups is 3. The smallest absolute Gasteiger partial charge is 0.308 e. The van der Waals surface area contributed by atoms with Gasteiger partial charge >= 0.3 is 5.97 Å². The molecule has 0 spiro atoms. The van der Waals surface area contributed by atoms with Gasteiger partial charge in [0.25, 0.3) is 11.8 Å². The first-order chi connectivity index (χ1) is 12.1. The molecule has 2 rings (SSSR count). The van der Waals surface area contributed by atoms with Gasteiger partial charge in [-0.2, -0.15) is 0 Å². The summed E-state index contributed by atoms with van der Waals surface area (Å²) >= 11 is 0. The number of amides is 2. The summed E-state index contributed by atoms with van der Waals surface area (Å²) in [7, 11) is 0. The molecule has 0 atom stereocenters. The van der Waals surface area contributed by atoms with Crippen molar-refractivity contribution in [2.75, 3.05) is 13.1 Å². The Bertz CT molecular complexity index is 744. The molecule has 0 unspecified atom stereocenters. The summed E-state index contributed by atoms with van der Waals surface area (Å²) in [5.41, 5.74) is 1.01. The molecule has 0 aromatic heterocycles. The van der Waals surface area contributed by atoms with E-state index in [1.54, 1.807) is 42.5 Å². The molecule has 2 N–H and O–H groups in total. The normalized spacial score (nSPS) is 9.96. The fourth-order valence-corrected chi connectivity index (χ4v) is 2.15. The molecule has 0 bridgehead atoms. The van der Waals surface area contributed by atoms with Gasteiger partial charge in [-0.15, -0.1) is 0 Å². The molecule has 0 aliphatic rings. The van der Waals surface area contributed by atoms with E-state index in [0.29, 0.717) is 36.4 Å². The van der Waals surface area contributed by atoms with Crippen LogP contribution < -0.4 is 15.4 Å². The Hall–Kier alpha value is -3.15. The summed E-state index contributed by atoms with van der Waals surface area (Å²) in [5, 5.41) is 5.56. The lowest BCUT2D eigenvalue weighted by molar-refractivity contribution is -0.131. The van der Waals surface area contributed by atoms with Gasteiger partial charge in [-0.05, 0) is 36.8 Å². The molecule has 2 aromatic rings. The number of hydrogen-bond donors (Lipinski definition) is 2. The highest BCUT2D eigenvalue weighted by molar-refractivity contribution is 5.95. The zero-order valence-corrected chi connectivity index (χ0v) is 14.0. The highest BCUT2D eigenvalue weighted by Crippen LogP contribution is 2.13. The molecule has 0 radical (unpaired) electrons. The van der Waals surface area contributed by atoms with E-state index < -0.39 is 5.97 Å². The summed E-state index contributed by atoms with van der Waals surface area (Å²) in [6, 6.07) is 15.3. The van der Waals surface area contributed by atoms with Gasteiger partial charge in [-0.1, -0.05) is 24.3 Å². The van der Waals surface area contributed by atoms with Crippen LogP contribution in [0.4, 0.5) is 0 Å². The quantitative estimate of drug-likeness (QED) is 0.459. The second-order valence-electron chi connectivity index (χ2n) is 5.35. The molecule has 0 heterocycles. The number of carbonyl (C=O) groups excluding carboxylic acids is 3. The maximum atomic E-state index is 12.1. The largest absolute Gasteiger partial charge is 0.427 e. The minimum Gasteiger partial charge on any atom is -0.427 e. The van der Waals surface area contributed by atoms with Crippen molar-refractivity contribution in [3.8, 4) is 5.75 Å². The van der Waals surface area contributed by atoms with Crippen LogP contribution in [-0.2, 0) is 4.79 Å². The molecular weight excluding hydrogens is 320 g/mol. The van der Waals surface area contributed by atoms with Crippen LogP contribution in [0.25, 0.3) is 0 Å². The molecule has 0 aliphatic heterocycles. The number of nitrogens with one attached hydrogen (secondary N) is 2. The highest BCUT2D eigenvalue weighted by atomic mass is 16.5. The van der Waals surface area contributed by atoms with Crippen molar-refractivity contribution in [2.24, 2.45) is 0 Å². The minimum absolute atomic E-state index is 0.138. The van der Waals surface area contributed by atoms with Crippen LogP contribution in [0.5, 0.6) is 5.75 Å². The predicted octanol–water partition coefficient (Wildman–Crippen LogP) is 2.16. The lowest BCUT2D eigenvalue weighted by Gasteiger charge is -2.08. The van der Waals surface area contributed by atoms with Crippen LogP contribution >= 0.6 is 0 Å². The summed E-state index contributed by atoms with van der Waals surface area (Å²) in [6.07, 6.45) is 0.605. The predicted molar refractivity (Wildman–Crippen MR) is 93.5 cm³/mol. The number of benzene rings is 2. The Morgan fingerprint density at radius 3 is 2.08 bits per heavy atom. The van der Waals surface area contributed by atoms with E-state index in [1.165, 1.54) is 13.0 Å². The van der Waals surface area contributed by atoms with E-state index in [1.807, 2.05) is 6.07 Å². The van der Waals surface area contributed by atoms with Crippen LogP contribution in [0.15, 0.2) is 54.6 Å². The first kappa shape index (κ1) is 18.2. The van der Waals surface area contributed by atoms with Crippen LogP contribution in [-0.4, -0.2) is 30.9 Å². The fraction of sp³-hybridized carbons (Fsp3) is 0.211. The Morgan fingerprint density at radius 2 is 1.44 bits per heavy atom. The Kier molecular flexibility index (Phi) is 6.71. The molecule has 130 valence electrons. The van der Waals surface area contributed by atoms with E-state index in [2.05, 4.69) is 10.6 Å². The van der Waals surface area contributed by atoms with Gasteiger partial charge < -0.3 is 15.4 Å². The van der Waals surface area contributed by atoms with E-state index in [4.69, 9.17) is 4.74 Å². The Balaban J connectivity index is 1.72. The first-order valence-electron chi connectivity index (χ1n) is 7.96. The first-order valence-corrected chi connectivity index (χ1v) is 7.96. The third-order valence-corrected chi connectivity index (χ3v) is 3.32. The summed E-state index contributed by atoms with van der Waals surface area (Å²) in [5.74, 6) is -0.508. The Labute approximate surface area is 146 Å². The van der Waals surface area contributed by atoms with Gasteiger partial charge in [0.2, 0.25) is 0 Å². The van der Waals surface area contributed by atoms with E-state index in [9.17, 15) is 14.4 Å². The molecule has 0 fully saturated rings. The molecular formula is C19H20N2O4. The van der Waals surface area contributed by atoms with Gasteiger partial charge in [-0.25, -0.2) is 0 Å². The highest BCUT2D eigenvalue weighted by Gasteiger charge is 2.08. The second kappa shape index (κ2) is 9.22. The summed E-state index contributed by atoms with van der Waals surface area (Å²) < 4.78 is 4.95. The van der Waals surface area contributed by atoms with Crippen molar-refractivity contribution in [3.63, 3.8) is 0 Å². The van der Waals surface area contributed by atoms with Crippen molar-refractivity contribution in [1.29, 1.82) is 0 Å². The second-order valence-corrected chi connectivity index (χ2v) is 5.35. The van der Waals surface area contributed by atoms with Crippen molar-refractivity contribution < 1.29 is 19.1 Å². The topological polar surface area (TPSA) is 84.5 Å². The summed E-state index contributed by atoms with van der Waals surface area (Å²) in [4.78, 5) is 34.8. The van der Waals surface area contributed by atoms with Crippen molar-refractivity contribution >= 4 is 17.8 Å². The minimum atomic E-state index is -0.438. The van der Waals surface area contributed by atoms with Crippen molar-refractivity contribution in [1.82, 2.24) is 10.6 Å². The van der Waals surface area contributed by atoms with Crippen molar-refractivity contribution in [2.45, 2.75) is 13.3 Å². The Morgan fingerprint density at radius 1 is 0.840 bits per heavy atom. The lowest BCUT2D eigenvalue weighted by Crippen LogP contribution is -2.29. The molecule has 0 saturated carbocycles. The SMILES string of the molecule is CC(=O)Oc1cccc(C(=O)NCCCNC(=O)c2ccccc2)c1. The van der Waals surface area contributed by atoms with E-state index >= 15 is 0 Å². The van der Waals surface area contributed by atoms with Crippen LogP contribution in [0.2, 0.25) is 0 Å². The maximum Gasteiger partial charge on any atom is 0.308 e. The van der Waals surface area contributed by atoms with Gasteiger partial charge in [0.15, 0.2) is 0 Å². The molecule has 0 saturated heterocycles. The third-order valence-electron chi connectivity index (χ3n) is 3.32. The molecule has 2 amide bonds. The standard InChI is InChI=1S/C19H20N2O4/c1-14(22)25-17-10-5-9-16(13-17)19(24)21-12-6-11-20-18(23)15-7-3-2-4-8-15/h2-5,7-10,13H,6,11-12H2,1H3,(H,20,23)(H,21,24). The van der Waals surface area contributed by atoms with E-state index in [-0.39, 0.29) is 11.8 Å². The number of esters is 1. The third kappa shape index (κ3) is 6.10. The lowest BCUT2D eigenvalue weighted by atomic mass is 10.2. The molecule has 2 aromatic carbocycles. The maximum absolute atomic E-state index is 12.1. The van der Waals surface area contributed by atoms with Crippen LogP contribution in [0.3, 0.4) is 0 Å². The zero-order chi connectivity index (χ0) is 18.1. The van der Waals surface area contributed by atoms with Crippen molar-refractivity contribution in [3.05, 3.63) is 65.7 Å². The fourth-order valence-electron chi connectivity index (χ4n) is 2.15. The zero-order valence-electron chi connectivity index (χ0n) is 14.0. The monoisotopic (exact) mass is 340 g/mol. The average molecular weight is 340 g/mol. The number of ether oxygens (including phenoxy) is 1. The van der Waals surface area contributed by atoms with Gasteiger partial charge in [-0.3, -0.25) is 14.4 Å². The van der Waals surface area contributed by atoms with Gasteiger partial charge in [0, 0.05) is 31.1 Å².